The Labute approximate surface area is 160 Å². The SMILES string of the molecule is CN1C(=O)CCc2cc(S(=O)(=O)N3CCN(c4ccccc4)CC3)ccc21. The van der Waals surface area contributed by atoms with Crippen LogP contribution in [0.15, 0.2) is 53.4 Å². The van der Waals surface area contributed by atoms with Crippen molar-refractivity contribution in [3.63, 3.8) is 0 Å². The second-order valence-corrected chi connectivity index (χ2v) is 8.91. The van der Waals surface area contributed by atoms with Crippen LogP contribution in [0.5, 0.6) is 0 Å². The van der Waals surface area contributed by atoms with Crippen LogP contribution in [0, 0.1) is 0 Å². The number of benzene rings is 2. The standard InChI is InChI=1S/C20H23N3O3S/c1-21-19-9-8-18(15-16(19)7-10-20(21)24)27(25,26)23-13-11-22(12-14-23)17-5-3-2-4-6-17/h2-6,8-9,15H,7,10-14H2,1H3. The zero-order valence-corrected chi connectivity index (χ0v) is 16.2. The Morgan fingerprint density at radius 1 is 0.889 bits per heavy atom. The molecule has 0 radical (unpaired) electrons. The van der Waals surface area contributed by atoms with Gasteiger partial charge in [0, 0.05) is 51.0 Å². The molecule has 142 valence electrons. The fraction of sp³-hybridized carbons (Fsp3) is 0.350. The van der Waals surface area contributed by atoms with Crippen molar-refractivity contribution < 1.29 is 13.2 Å². The minimum absolute atomic E-state index is 0.0649. The summed E-state index contributed by atoms with van der Waals surface area (Å²) in [6.07, 6.45) is 1.01. The van der Waals surface area contributed by atoms with Crippen LogP contribution < -0.4 is 9.80 Å². The van der Waals surface area contributed by atoms with Crippen molar-refractivity contribution in [1.29, 1.82) is 0 Å². The van der Waals surface area contributed by atoms with E-state index in [4.69, 9.17) is 0 Å². The molecule has 7 heteroatoms. The number of carbonyl (C=O) groups excluding carboxylic acids is 1. The highest BCUT2D eigenvalue weighted by Gasteiger charge is 2.30. The van der Waals surface area contributed by atoms with Crippen molar-refractivity contribution in [2.45, 2.75) is 17.7 Å². The third kappa shape index (κ3) is 3.33. The fourth-order valence-electron chi connectivity index (χ4n) is 3.77. The summed E-state index contributed by atoms with van der Waals surface area (Å²) in [7, 11) is -1.80. The van der Waals surface area contributed by atoms with Gasteiger partial charge in [-0.05, 0) is 42.3 Å². The number of aryl methyl sites for hydroxylation is 1. The summed E-state index contributed by atoms with van der Waals surface area (Å²) in [6, 6.07) is 15.2. The van der Waals surface area contributed by atoms with E-state index in [1.807, 2.05) is 30.3 Å². The van der Waals surface area contributed by atoms with Crippen LogP contribution in [0.3, 0.4) is 0 Å². The van der Waals surface area contributed by atoms with E-state index in [1.54, 1.807) is 34.5 Å². The number of amides is 1. The predicted molar refractivity (Wildman–Crippen MR) is 106 cm³/mol. The number of rotatable bonds is 3. The topological polar surface area (TPSA) is 60.9 Å². The molecule has 4 rings (SSSR count). The number of carbonyl (C=O) groups is 1. The molecule has 1 amide bonds. The maximum absolute atomic E-state index is 13.1. The molecule has 0 atom stereocenters. The van der Waals surface area contributed by atoms with Crippen molar-refractivity contribution in [3.05, 3.63) is 54.1 Å². The minimum atomic E-state index is -3.53. The van der Waals surface area contributed by atoms with Gasteiger partial charge in [0.05, 0.1) is 4.90 Å². The molecule has 2 heterocycles. The summed E-state index contributed by atoms with van der Waals surface area (Å²) in [5.41, 5.74) is 2.84. The number of sulfonamides is 1. The Kier molecular flexibility index (Phi) is 4.65. The van der Waals surface area contributed by atoms with Gasteiger partial charge in [-0.15, -0.1) is 0 Å². The van der Waals surface area contributed by atoms with Crippen LogP contribution in [0.1, 0.15) is 12.0 Å². The molecule has 0 spiro atoms. The number of hydrogen-bond acceptors (Lipinski definition) is 4. The number of anilines is 2. The molecule has 0 unspecified atom stereocenters. The van der Waals surface area contributed by atoms with Gasteiger partial charge >= 0.3 is 0 Å². The molecule has 0 aliphatic carbocycles. The highest BCUT2D eigenvalue weighted by molar-refractivity contribution is 7.89. The van der Waals surface area contributed by atoms with E-state index >= 15 is 0 Å². The van der Waals surface area contributed by atoms with Gasteiger partial charge in [-0.2, -0.15) is 4.31 Å². The molecule has 1 saturated heterocycles. The number of nitrogens with zero attached hydrogens (tertiary/aromatic N) is 3. The van der Waals surface area contributed by atoms with Crippen molar-refractivity contribution in [2.24, 2.45) is 0 Å². The van der Waals surface area contributed by atoms with Crippen molar-refractivity contribution in [3.8, 4) is 0 Å². The lowest BCUT2D eigenvalue weighted by Gasteiger charge is -2.35. The average molecular weight is 385 g/mol. The lowest BCUT2D eigenvalue weighted by molar-refractivity contribution is -0.118. The largest absolute Gasteiger partial charge is 0.369 e. The van der Waals surface area contributed by atoms with Crippen LogP contribution in [-0.4, -0.2) is 51.9 Å². The number of fused-ring (bicyclic) bond motifs is 1. The maximum atomic E-state index is 13.1. The van der Waals surface area contributed by atoms with Crippen molar-refractivity contribution >= 4 is 27.3 Å². The van der Waals surface area contributed by atoms with Crippen molar-refractivity contribution in [2.75, 3.05) is 43.0 Å². The van der Waals surface area contributed by atoms with Gasteiger partial charge in [0.25, 0.3) is 0 Å². The van der Waals surface area contributed by atoms with Gasteiger partial charge in [-0.25, -0.2) is 8.42 Å². The molecule has 2 aliphatic heterocycles. The van der Waals surface area contributed by atoms with Gasteiger partial charge < -0.3 is 9.80 Å². The first-order chi connectivity index (χ1) is 13.0. The smallest absolute Gasteiger partial charge is 0.243 e. The molecule has 2 aromatic carbocycles. The molecule has 1 fully saturated rings. The number of para-hydroxylation sites is 1. The highest BCUT2D eigenvalue weighted by atomic mass is 32.2. The Balaban J connectivity index is 1.52. The zero-order valence-electron chi connectivity index (χ0n) is 15.3. The maximum Gasteiger partial charge on any atom is 0.243 e. The normalized spacial score (nSPS) is 18.5. The summed E-state index contributed by atoms with van der Waals surface area (Å²) in [4.78, 5) is 16.0. The molecule has 0 bridgehead atoms. The van der Waals surface area contributed by atoms with E-state index in [-0.39, 0.29) is 5.91 Å². The van der Waals surface area contributed by atoms with Gasteiger partial charge in [0.1, 0.15) is 0 Å². The second kappa shape index (κ2) is 6.98. The summed E-state index contributed by atoms with van der Waals surface area (Å²) in [6.45, 7) is 2.27. The van der Waals surface area contributed by atoms with E-state index in [1.165, 1.54) is 0 Å². The van der Waals surface area contributed by atoms with E-state index in [0.29, 0.717) is 43.9 Å². The average Bonchev–Trinajstić information content (AvgIpc) is 2.71. The molecule has 2 aliphatic rings. The molecule has 6 nitrogen and oxygen atoms in total. The first-order valence-corrected chi connectivity index (χ1v) is 10.6. The summed E-state index contributed by atoms with van der Waals surface area (Å²) < 4.78 is 27.7. The third-order valence-electron chi connectivity index (χ3n) is 5.39. The number of piperazine rings is 1. The third-order valence-corrected chi connectivity index (χ3v) is 7.29. The summed E-state index contributed by atoms with van der Waals surface area (Å²) in [5.74, 6) is 0.0649. The van der Waals surface area contributed by atoms with E-state index in [0.717, 1.165) is 16.9 Å². The Morgan fingerprint density at radius 3 is 2.30 bits per heavy atom. The molecular weight excluding hydrogens is 362 g/mol. The van der Waals surface area contributed by atoms with Crippen LogP contribution in [-0.2, 0) is 21.2 Å². The molecule has 0 N–H and O–H groups in total. The van der Waals surface area contributed by atoms with E-state index < -0.39 is 10.0 Å². The quantitative estimate of drug-likeness (QED) is 0.812. The van der Waals surface area contributed by atoms with Crippen LogP contribution in [0.25, 0.3) is 0 Å². The lowest BCUT2D eigenvalue weighted by atomic mass is 10.0. The Bertz CT molecular complexity index is 952. The molecule has 2 aromatic rings. The molecule has 27 heavy (non-hydrogen) atoms. The van der Waals surface area contributed by atoms with Gasteiger partial charge in [-0.1, -0.05) is 18.2 Å². The zero-order chi connectivity index (χ0) is 19.0. The Hall–Kier alpha value is -2.38. The second-order valence-electron chi connectivity index (χ2n) is 6.97. The molecule has 0 saturated carbocycles. The summed E-state index contributed by atoms with van der Waals surface area (Å²) >= 11 is 0. The minimum Gasteiger partial charge on any atom is -0.369 e. The van der Waals surface area contributed by atoms with Crippen LogP contribution >= 0.6 is 0 Å². The van der Waals surface area contributed by atoms with Gasteiger partial charge in [0.2, 0.25) is 15.9 Å². The molecular formula is C20H23N3O3S. The molecule has 0 aromatic heterocycles. The highest BCUT2D eigenvalue weighted by Crippen LogP contribution is 2.30. The van der Waals surface area contributed by atoms with Gasteiger partial charge in [0.15, 0.2) is 0 Å². The first kappa shape index (κ1) is 18.0. The predicted octanol–water partition coefficient (Wildman–Crippen LogP) is 2.11. The Morgan fingerprint density at radius 2 is 1.59 bits per heavy atom. The fourth-order valence-corrected chi connectivity index (χ4v) is 5.24. The lowest BCUT2D eigenvalue weighted by Crippen LogP contribution is -2.48. The van der Waals surface area contributed by atoms with Crippen LogP contribution in [0.2, 0.25) is 0 Å². The first-order valence-electron chi connectivity index (χ1n) is 9.16. The summed E-state index contributed by atoms with van der Waals surface area (Å²) in [5, 5.41) is 0. The number of hydrogen-bond donors (Lipinski definition) is 0. The van der Waals surface area contributed by atoms with Crippen LogP contribution in [0.4, 0.5) is 11.4 Å². The monoisotopic (exact) mass is 385 g/mol. The van der Waals surface area contributed by atoms with E-state index in [2.05, 4.69) is 4.90 Å². The van der Waals surface area contributed by atoms with E-state index in [9.17, 15) is 13.2 Å². The van der Waals surface area contributed by atoms with Crippen molar-refractivity contribution in [1.82, 2.24) is 4.31 Å². The van der Waals surface area contributed by atoms with Gasteiger partial charge in [-0.3, -0.25) is 4.79 Å².